The lowest BCUT2D eigenvalue weighted by Crippen LogP contribution is -2.12. The first-order valence-corrected chi connectivity index (χ1v) is 21.5. The number of anilines is 3. The van der Waals surface area contributed by atoms with Gasteiger partial charge in [-0.05, 0) is 142 Å². The molecular formula is C61H41N. The summed E-state index contributed by atoms with van der Waals surface area (Å²) in [6.07, 6.45) is 4.65. The first-order chi connectivity index (χ1) is 30.7. The lowest BCUT2D eigenvalue weighted by Gasteiger charge is -2.28. The Labute approximate surface area is 362 Å². The maximum Gasteiger partial charge on any atom is 0.0534 e. The topological polar surface area (TPSA) is 3.24 Å². The summed E-state index contributed by atoms with van der Waals surface area (Å²) >= 11 is 0. The fraction of sp³-hybridized carbons (Fsp3) is 0.0164. The summed E-state index contributed by atoms with van der Waals surface area (Å²) in [4.78, 5) is 2.45. The number of hydrogen-bond acceptors (Lipinski definition) is 1. The van der Waals surface area contributed by atoms with Crippen molar-refractivity contribution in [3.63, 3.8) is 0 Å². The average molecular weight is 788 g/mol. The molecule has 0 saturated carbocycles. The zero-order valence-electron chi connectivity index (χ0n) is 34.4. The normalized spacial score (nSPS) is 12.2. The molecule has 0 unspecified atom stereocenters. The minimum absolute atomic E-state index is 1.13. The van der Waals surface area contributed by atoms with Gasteiger partial charge in [-0.15, -0.1) is 0 Å². The summed E-state index contributed by atoms with van der Waals surface area (Å²) in [7, 11) is 0. The summed E-state index contributed by atoms with van der Waals surface area (Å²) in [6, 6.07) is 80.4. The van der Waals surface area contributed by atoms with Crippen LogP contribution in [0.3, 0.4) is 0 Å². The summed E-state index contributed by atoms with van der Waals surface area (Å²) < 4.78 is 0. The molecule has 0 bridgehead atoms. The largest absolute Gasteiger partial charge is 0.309 e. The molecule has 0 fully saturated rings. The molecule has 0 atom stereocenters. The van der Waals surface area contributed by atoms with E-state index in [2.05, 4.69) is 242 Å². The van der Waals surface area contributed by atoms with Crippen LogP contribution in [0.1, 0.15) is 16.7 Å². The molecule has 11 aromatic rings. The van der Waals surface area contributed by atoms with E-state index in [9.17, 15) is 0 Å². The molecule has 62 heavy (non-hydrogen) atoms. The van der Waals surface area contributed by atoms with Crippen LogP contribution in [0.5, 0.6) is 0 Å². The Morgan fingerprint density at radius 1 is 0.274 bits per heavy atom. The molecule has 1 aliphatic heterocycles. The zero-order chi connectivity index (χ0) is 41.1. The highest BCUT2D eigenvalue weighted by molar-refractivity contribution is 6.23. The van der Waals surface area contributed by atoms with Gasteiger partial charge < -0.3 is 4.90 Å². The molecule has 12 rings (SSSR count). The Kier molecular flexibility index (Phi) is 8.47. The van der Waals surface area contributed by atoms with Crippen molar-refractivity contribution >= 4 is 72.3 Å². The van der Waals surface area contributed by atoms with Crippen molar-refractivity contribution in [3.8, 4) is 44.5 Å². The second-order valence-electron chi connectivity index (χ2n) is 16.5. The van der Waals surface area contributed by atoms with Gasteiger partial charge in [0.05, 0.1) is 11.4 Å². The van der Waals surface area contributed by atoms with Gasteiger partial charge >= 0.3 is 0 Å². The van der Waals surface area contributed by atoms with Crippen molar-refractivity contribution in [2.75, 3.05) is 4.90 Å². The Hall–Kier alpha value is -8.00. The molecule has 290 valence electrons. The summed E-state index contributed by atoms with van der Waals surface area (Å²) in [5, 5.41) is 10.1. The first kappa shape index (κ1) is 35.9. The van der Waals surface area contributed by atoms with E-state index in [1.54, 1.807) is 0 Å². The maximum atomic E-state index is 2.45. The van der Waals surface area contributed by atoms with Crippen LogP contribution in [0.4, 0.5) is 17.1 Å². The van der Waals surface area contributed by atoms with Gasteiger partial charge in [0.15, 0.2) is 0 Å². The third-order valence-electron chi connectivity index (χ3n) is 12.8. The number of nitrogens with zero attached hydrogens (tertiary/aromatic N) is 1. The van der Waals surface area contributed by atoms with Crippen LogP contribution in [0, 0.1) is 6.92 Å². The third-order valence-corrected chi connectivity index (χ3v) is 12.8. The quantitative estimate of drug-likeness (QED) is 0.157. The molecule has 11 aromatic carbocycles. The zero-order valence-corrected chi connectivity index (χ0v) is 34.4. The molecule has 0 N–H and O–H groups in total. The standard InChI is InChI=1S/C61H41N/c1-40-28-34-47(35-29-40)62-56-36-32-45(60-52-24-12-8-20-48(52)58(41-16-4-2-5-17-41)49-21-9-13-25-53(49)60)38-43(56)30-31-44-39-46(33-37-57(44)62)61-54-26-14-10-22-50(54)59(42-18-6-3-7-19-42)51-23-11-15-27-55(51)61/h2-39H,1H3. The van der Waals surface area contributed by atoms with Crippen LogP contribution < -0.4 is 4.90 Å². The first-order valence-electron chi connectivity index (χ1n) is 21.5. The Morgan fingerprint density at radius 2 is 0.581 bits per heavy atom. The molecule has 1 heterocycles. The van der Waals surface area contributed by atoms with Crippen molar-refractivity contribution in [2.45, 2.75) is 6.92 Å². The fourth-order valence-corrected chi connectivity index (χ4v) is 10.1. The van der Waals surface area contributed by atoms with Gasteiger partial charge in [-0.1, -0.05) is 200 Å². The highest BCUT2D eigenvalue weighted by Crippen LogP contribution is 2.49. The summed E-state index contributed by atoms with van der Waals surface area (Å²) in [5.74, 6) is 0. The van der Waals surface area contributed by atoms with Crippen LogP contribution in [0.25, 0.3) is 99.7 Å². The maximum absolute atomic E-state index is 2.45. The van der Waals surface area contributed by atoms with Crippen molar-refractivity contribution in [1.29, 1.82) is 0 Å². The molecule has 1 heteroatoms. The Balaban J connectivity index is 1.07. The highest BCUT2D eigenvalue weighted by atomic mass is 15.1. The van der Waals surface area contributed by atoms with E-state index in [-0.39, 0.29) is 0 Å². The van der Waals surface area contributed by atoms with Crippen LogP contribution >= 0.6 is 0 Å². The van der Waals surface area contributed by atoms with E-state index in [1.807, 2.05) is 0 Å². The van der Waals surface area contributed by atoms with E-state index in [0.29, 0.717) is 0 Å². The Bertz CT molecular complexity index is 3230. The van der Waals surface area contributed by atoms with Crippen molar-refractivity contribution in [3.05, 3.63) is 235 Å². The van der Waals surface area contributed by atoms with Crippen molar-refractivity contribution in [1.82, 2.24) is 0 Å². The van der Waals surface area contributed by atoms with Crippen LogP contribution in [0.15, 0.2) is 218 Å². The Morgan fingerprint density at radius 3 is 0.919 bits per heavy atom. The summed E-state index contributed by atoms with van der Waals surface area (Å²) in [5.41, 5.74) is 17.0. The number of aryl methyl sites for hydroxylation is 1. The number of hydrogen-bond donors (Lipinski definition) is 0. The predicted molar refractivity (Wildman–Crippen MR) is 267 cm³/mol. The molecule has 0 saturated heterocycles. The fourth-order valence-electron chi connectivity index (χ4n) is 10.1. The number of rotatable bonds is 5. The van der Waals surface area contributed by atoms with Crippen LogP contribution in [-0.4, -0.2) is 0 Å². The van der Waals surface area contributed by atoms with Gasteiger partial charge in [0.25, 0.3) is 0 Å². The monoisotopic (exact) mass is 787 g/mol. The van der Waals surface area contributed by atoms with Crippen molar-refractivity contribution in [2.24, 2.45) is 0 Å². The molecule has 0 aliphatic carbocycles. The molecule has 0 spiro atoms. The molecule has 0 radical (unpaired) electrons. The van der Waals surface area contributed by atoms with E-state index >= 15 is 0 Å². The van der Waals surface area contributed by atoms with Gasteiger partial charge in [0.2, 0.25) is 0 Å². The van der Waals surface area contributed by atoms with Crippen molar-refractivity contribution < 1.29 is 0 Å². The smallest absolute Gasteiger partial charge is 0.0534 e. The van der Waals surface area contributed by atoms with Gasteiger partial charge in [0, 0.05) is 5.69 Å². The lowest BCUT2D eigenvalue weighted by atomic mass is 9.85. The SMILES string of the molecule is Cc1ccc(N2c3ccc(-c4c5ccccc5c(-c5ccccc5)c5ccccc45)cc3C=Cc3cc(-c4c5ccccc5c(-c5ccccc5)c5ccccc45)ccc32)cc1. The molecule has 1 nitrogen and oxygen atoms in total. The van der Waals surface area contributed by atoms with Gasteiger partial charge in [-0.2, -0.15) is 0 Å². The van der Waals surface area contributed by atoms with E-state index in [1.165, 1.54) is 104 Å². The second-order valence-corrected chi connectivity index (χ2v) is 16.5. The minimum atomic E-state index is 1.13. The number of fused-ring (bicyclic) bond motifs is 6. The average Bonchev–Trinajstić information content (AvgIpc) is 3.49. The van der Waals surface area contributed by atoms with E-state index in [4.69, 9.17) is 0 Å². The van der Waals surface area contributed by atoms with Crippen LogP contribution in [0.2, 0.25) is 0 Å². The van der Waals surface area contributed by atoms with Gasteiger partial charge in [-0.25, -0.2) is 0 Å². The van der Waals surface area contributed by atoms with Gasteiger partial charge in [0.1, 0.15) is 0 Å². The van der Waals surface area contributed by atoms with E-state index < -0.39 is 0 Å². The summed E-state index contributed by atoms with van der Waals surface area (Å²) in [6.45, 7) is 2.16. The lowest BCUT2D eigenvalue weighted by molar-refractivity contribution is 1.27. The third kappa shape index (κ3) is 5.78. The molecule has 0 amide bonds. The van der Waals surface area contributed by atoms with E-state index in [0.717, 1.165) is 17.1 Å². The highest BCUT2D eigenvalue weighted by Gasteiger charge is 2.24. The molecule has 0 aromatic heterocycles. The minimum Gasteiger partial charge on any atom is -0.309 e. The van der Waals surface area contributed by atoms with Gasteiger partial charge in [-0.3, -0.25) is 0 Å². The van der Waals surface area contributed by atoms with Crippen LogP contribution in [-0.2, 0) is 0 Å². The molecule has 1 aliphatic rings. The predicted octanol–water partition coefficient (Wildman–Crippen LogP) is 17.2. The second kappa shape index (κ2) is 14.6. The molecular weight excluding hydrogens is 747 g/mol. The number of benzene rings is 11.